The Bertz CT molecular complexity index is 544. The fourth-order valence-corrected chi connectivity index (χ4v) is 1.50. The van der Waals surface area contributed by atoms with E-state index in [2.05, 4.69) is 0 Å². The van der Waals surface area contributed by atoms with Gasteiger partial charge in [-0.3, -0.25) is 4.79 Å². The molecule has 4 heteroatoms. The van der Waals surface area contributed by atoms with Gasteiger partial charge in [0.15, 0.2) is 12.0 Å². The van der Waals surface area contributed by atoms with E-state index in [0.717, 1.165) is 6.07 Å². The number of aldehydes is 1. The van der Waals surface area contributed by atoms with E-state index in [4.69, 9.17) is 4.42 Å². The van der Waals surface area contributed by atoms with E-state index in [1.807, 2.05) is 0 Å². The van der Waals surface area contributed by atoms with Crippen molar-refractivity contribution in [3.63, 3.8) is 0 Å². The van der Waals surface area contributed by atoms with Gasteiger partial charge >= 0.3 is 0 Å². The largest absolute Gasteiger partial charge is 0.461 e. The number of furan rings is 1. The summed E-state index contributed by atoms with van der Waals surface area (Å²) in [4.78, 5) is 10.6. The minimum Gasteiger partial charge on any atom is -0.461 e. The van der Waals surface area contributed by atoms with Crippen LogP contribution in [0.25, 0.3) is 11.1 Å². The molecule has 82 valence electrons. The van der Waals surface area contributed by atoms with Gasteiger partial charge < -0.3 is 4.42 Å². The van der Waals surface area contributed by atoms with Gasteiger partial charge in [0, 0.05) is 17.2 Å². The highest BCUT2D eigenvalue weighted by Crippen LogP contribution is 2.28. The third-order valence-electron chi connectivity index (χ3n) is 2.34. The smallest absolute Gasteiger partial charge is 0.185 e. The first kappa shape index (κ1) is 10.5. The lowest BCUT2D eigenvalue weighted by molar-refractivity contribution is 0.110. The molecule has 1 heterocycles. The van der Waals surface area contributed by atoms with Gasteiger partial charge in [0.2, 0.25) is 0 Å². The van der Waals surface area contributed by atoms with Gasteiger partial charge in [-0.05, 0) is 24.6 Å². The third kappa shape index (κ3) is 1.62. The maximum Gasteiger partial charge on any atom is 0.185 e. The fourth-order valence-electron chi connectivity index (χ4n) is 1.50. The average molecular weight is 222 g/mol. The second-order valence-corrected chi connectivity index (χ2v) is 3.40. The van der Waals surface area contributed by atoms with Gasteiger partial charge in [-0.1, -0.05) is 0 Å². The van der Waals surface area contributed by atoms with Crippen LogP contribution in [0.15, 0.2) is 28.9 Å². The monoisotopic (exact) mass is 222 g/mol. The quantitative estimate of drug-likeness (QED) is 0.729. The van der Waals surface area contributed by atoms with E-state index >= 15 is 0 Å². The highest BCUT2D eigenvalue weighted by Gasteiger charge is 2.14. The fraction of sp³-hybridized carbons (Fsp3) is 0.0833. The molecule has 0 aliphatic rings. The molecular formula is C12H8F2O2. The molecule has 0 fully saturated rings. The number of carbonyl (C=O) groups excluding carboxylic acids is 1. The Hall–Kier alpha value is -1.97. The standard InChI is InChI=1S/C12H8F2O2/c1-7-4-9(11(14)5-10(7)13)8-2-3-16-12(8)6-15/h2-6H,1H3. The third-order valence-corrected chi connectivity index (χ3v) is 2.34. The Morgan fingerprint density at radius 2 is 1.94 bits per heavy atom. The Morgan fingerprint density at radius 1 is 1.19 bits per heavy atom. The lowest BCUT2D eigenvalue weighted by Crippen LogP contribution is -1.91. The zero-order valence-electron chi connectivity index (χ0n) is 8.46. The number of aryl methyl sites for hydroxylation is 1. The number of benzene rings is 1. The molecule has 0 N–H and O–H groups in total. The van der Waals surface area contributed by atoms with Crippen LogP contribution in [-0.4, -0.2) is 6.29 Å². The summed E-state index contributed by atoms with van der Waals surface area (Å²) in [5.74, 6) is -1.30. The predicted octanol–water partition coefficient (Wildman–Crippen LogP) is 3.35. The maximum absolute atomic E-state index is 13.5. The number of carbonyl (C=O) groups is 1. The van der Waals surface area contributed by atoms with Crippen molar-refractivity contribution in [1.29, 1.82) is 0 Å². The van der Waals surface area contributed by atoms with Crippen LogP contribution < -0.4 is 0 Å². The lowest BCUT2D eigenvalue weighted by Gasteiger charge is -2.04. The number of rotatable bonds is 2. The summed E-state index contributed by atoms with van der Waals surface area (Å²) < 4.78 is 31.4. The van der Waals surface area contributed by atoms with E-state index in [0.29, 0.717) is 17.4 Å². The first-order valence-electron chi connectivity index (χ1n) is 4.62. The highest BCUT2D eigenvalue weighted by molar-refractivity contribution is 5.84. The second-order valence-electron chi connectivity index (χ2n) is 3.40. The number of halogens is 2. The van der Waals surface area contributed by atoms with Crippen molar-refractivity contribution >= 4 is 6.29 Å². The van der Waals surface area contributed by atoms with Crippen molar-refractivity contribution in [2.24, 2.45) is 0 Å². The van der Waals surface area contributed by atoms with E-state index < -0.39 is 11.6 Å². The van der Waals surface area contributed by atoms with E-state index in [-0.39, 0.29) is 11.3 Å². The molecule has 2 nitrogen and oxygen atoms in total. The molecule has 1 aromatic heterocycles. The van der Waals surface area contributed by atoms with Gasteiger partial charge in [-0.2, -0.15) is 0 Å². The van der Waals surface area contributed by atoms with Crippen molar-refractivity contribution in [2.75, 3.05) is 0 Å². The van der Waals surface area contributed by atoms with Crippen LogP contribution in [0.1, 0.15) is 16.1 Å². The first-order chi connectivity index (χ1) is 7.63. The molecular weight excluding hydrogens is 214 g/mol. The van der Waals surface area contributed by atoms with Crippen LogP contribution in [0, 0.1) is 18.6 Å². The molecule has 0 bridgehead atoms. The van der Waals surface area contributed by atoms with Crippen LogP contribution in [0.5, 0.6) is 0 Å². The summed E-state index contributed by atoms with van der Waals surface area (Å²) in [7, 11) is 0. The number of hydrogen-bond acceptors (Lipinski definition) is 2. The van der Waals surface area contributed by atoms with Gasteiger partial charge in [-0.25, -0.2) is 8.78 Å². The molecule has 16 heavy (non-hydrogen) atoms. The molecule has 2 rings (SSSR count). The normalized spacial score (nSPS) is 10.4. The van der Waals surface area contributed by atoms with E-state index in [1.165, 1.54) is 25.3 Å². The van der Waals surface area contributed by atoms with E-state index in [1.54, 1.807) is 0 Å². The summed E-state index contributed by atoms with van der Waals surface area (Å²) >= 11 is 0. The van der Waals surface area contributed by atoms with Gasteiger partial charge in [0.25, 0.3) is 0 Å². The Balaban J connectivity index is 2.64. The zero-order chi connectivity index (χ0) is 11.7. The molecule has 0 amide bonds. The molecule has 1 aromatic carbocycles. The Kier molecular flexibility index (Phi) is 2.56. The highest BCUT2D eigenvalue weighted by atomic mass is 19.1. The summed E-state index contributed by atoms with van der Waals surface area (Å²) in [6.07, 6.45) is 1.78. The zero-order valence-corrected chi connectivity index (χ0v) is 8.46. The Labute approximate surface area is 90.5 Å². The topological polar surface area (TPSA) is 30.2 Å². The molecule has 0 spiro atoms. The lowest BCUT2D eigenvalue weighted by atomic mass is 10.0. The van der Waals surface area contributed by atoms with Crippen molar-refractivity contribution < 1.29 is 18.0 Å². The summed E-state index contributed by atoms with van der Waals surface area (Å²) in [6, 6.07) is 3.62. The van der Waals surface area contributed by atoms with Crippen LogP contribution in [0.2, 0.25) is 0 Å². The molecule has 0 atom stereocenters. The minimum absolute atomic E-state index is 0.0323. The van der Waals surface area contributed by atoms with Crippen molar-refractivity contribution in [3.05, 3.63) is 47.4 Å². The van der Waals surface area contributed by atoms with E-state index in [9.17, 15) is 13.6 Å². The van der Waals surface area contributed by atoms with Gasteiger partial charge in [-0.15, -0.1) is 0 Å². The SMILES string of the molecule is Cc1cc(-c2ccoc2C=O)c(F)cc1F. The number of hydrogen-bond donors (Lipinski definition) is 0. The van der Waals surface area contributed by atoms with Crippen LogP contribution >= 0.6 is 0 Å². The molecule has 0 radical (unpaired) electrons. The summed E-state index contributed by atoms with van der Waals surface area (Å²) in [5, 5.41) is 0. The van der Waals surface area contributed by atoms with Crippen LogP contribution in [0.3, 0.4) is 0 Å². The first-order valence-corrected chi connectivity index (χ1v) is 4.62. The second kappa shape index (κ2) is 3.89. The van der Waals surface area contributed by atoms with Gasteiger partial charge in [0.05, 0.1) is 6.26 Å². The summed E-state index contributed by atoms with van der Waals surface area (Å²) in [5.41, 5.74) is 0.805. The Morgan fingerprint density at radius 3 is 2.62 bits per heavy atom. The molecule has 0 aliphatic heterocycles. The molecule has 0 aliphatic carbocycles. The van der Waals surface area contributed by atoms with Crippen molar-refractivity contribution in [3.8, 4) is 11.1 Å². The summed E-state index contributed by atoms with van der Waals surface area (Å²) in [6.45, 7) is 1.53. The van der Waals surface area contributed by atoms with Crippen LogP contribution in [0.4, 0.5) is 8.78 Å². The van der Waals surface area contributed by atoms with Crippen LogP contribution in [-0.2, 0) is 0 Å². The average Bonchev–Trinajstić information content (AvgIpc) is 2.71. The molecule has 0 unspecified atom stereocenters. The van der Waals surface area contributed by atoms with Crippen molar-refractivity contribution in [1.82, 2.24) is 0 Å². The predicted molar refractivity (Wildman–Crippen MR) is 54.2 cm³/mol. The van der Waals surface area contributed by atoms with Crippen molar-refractivity contribution in [2.45, 2.75) is 6.92 Å². The minimum atomic E-state index is -0.715. The maximum atomic E-state index is 13.5. The molecule has 0 saturated heterocycles. The van der Waals surface area contributed by atoms with Gasteiger partial charge in [0.1, 0.15) is 11.6 Å². The molecule has 2 aromatic rings. The molecule has 0 saturated carbocycles.